The molecule has 2 aromatic rings. The zero-order valence-electron chi connectivity index (χ0n) is 8.59. The molecule has 0 spiro atoms. The van der Waals surface area contributed by atoms with E-state index in [9.17, 15) is 4.21 Å². The van der Waals surface area contributed by atoms with E-state index in [0.29, 0.717) is 0 Å². The summed E-state index contributed by atoms with van der Waals surface area (Å²) in [5.74, 6) is 0. The SMILES string of the molecule is O=S1c2ccccc2C=Cc2ccccc21. The smallest absolute Gasteiger partial charge is 0.0861 e. The van der Waals surface area contributed by atoms with Gasteiger partial charge in [-0.25, -0.2) is 4.21 Å². The Balaban J connectivity index is 2.30. The first-order valence-corrected chi connectivity index (χ1v) is 6.29. The van der Waals surface area contributed by atoms with Crippen molar-refractivity contribution in [3.05, 3.63) is 59.7 Å². The van der Waals surface area contributed by atoms with E-state index in [-0.39, 0.29) is 0 Å². The van der Waals surface area contributed by atoms with Crippen molar-refractivity contribution in [1.29, 1.82) is 0 Å². The van der Waals surface area contributed by atoms with E-state index >= 15 is 0 Å². The van der Waals surface area contributed by atoms with Crippen LogP contribution in [0.15, 0.2) is 58.3 Å². The summed E-state index contributed by atoms with van der Waals surface area (Å²) in [4.78, 5) is 1.78. The fourth-order valence-electron chi connectivity index (χ4n) is 1.87. The van der Waals surface area contributed by atoms with Crippen LogP contribution in [-0.2, 0) is 10.8 Å². The predicted molar refractivity (Wildman–Crippen MR) is 66.5 cm³/mol. The zero-order valence-corrected chi connectivity index (χ0v) is 9.41. The zero-order chi connectivity index (χ0) is 11.0. The first-order valence-electron chi connectivity index (χ1n) is 5.14. The van der Waals surface area contributed by atoms with Gasteiger partial charge in [-0.3, -0.25) is 0 Å². The quantitative estimate of drug-likeness (QED) is 0.574. The number of fused-ring (bicyclic) bond motifs is 2. The lowest BCUT2D eigenvalue weighted by molar-refractivity contribution is 0.683. The first-order chi connectivity index (χ1) is 7.86. The highest BCUT2D eigenvalue weighted by atomic mass is 32.2. The molecule has 1 aliphatic rings. The van der Waals surface area contributed by atoms with Crippen LogP contribution in [-0.4, -0.2) is 4.21 Å². The lowest BCUT2D eigenvalue weighted by Gasteiger charge is -2.04. The standard InChI is InChI=1S/C14H10OS/c15-16-13-7-3-1-5-11(13)9-10-12-6-2-4-8-14(12)16/h1-10H. The van der Waals surface area contributed by atoms with Crippen molar-refractivity contribution in [2.45, 2.75) is 9.79 Å². The molecule has 3 rings (SSSR count). The number of hydrogen-bond acceptors (Lipinski definition) is 1. The molecule has 2 heteroatoms. The van der Waals surface area contributed by atoms with Crippen molar-refractivity contribution in [3.63, 3.8) is 0 Å². The van der Waals surface area contributed by atoms with Crippen molar-refractivity contribution in [1.82, 2.24) is 0 Å². The van der Waals surface area contributed by atoms with Gasteiger partial charge >= 0.3 is 0 Å². The molecule has 0 aromatic heterocycles. The molecule has 2 aromatic carbocycles. The second-order valence-electron chi connectivity index (χ2n) is 3.68. The second-order valence-corrected chi connectivity index (χ2v) is 5.09. The normalized spacial score (nSPS) is 14.0. The van der Waals surface area contributed by atoms with Gasteiger partial charge in [0.1, 0.15) is 0 Å². The van der Waals surface area contributed by atoms with Gasteiger partial charge in [0.15, 0.2) is 0 Å². The highest BCUT2D eigenvalue weighted by Crippen LogP contribution is 2.28. The van der Waals surface area contributed by atoms with Gasteiger partial charge in [0, 0.05) is 0 Å². The van der Waals surface area contributed by atoms with Gasteiger partial charge in [-0.1, -0.05) is 48.6 Å². The molecule has 0 saturated heterocycles. The Morgan fingerprint density at radius 3 is 1.62 bits per heavy atom. The topological polar surface area (TPSA) is 17.1 Å². The maximum absolute atomic E-state index is 12.4. The summed E-state index contributed by atoms with van der Waals surface area (Å²) in [6.07, 6.45) is 4.05. The summed E-state index contributed by atoms with van der Waals surface area (Å²) in [5, 5.41) is 0. The lowest BCUT2D eigenvalue weighted by atomic mass is 10.1. The molecule has 0 unspecified atom stereocenters. The summed E-state index contributed by atoms with van der Waals surface area (Å²) in [6.45, 7) is 0. The van der Waals surface area contributed by atoms with Gasteiger partial charge in [0.25, 0.3) is 0 Å². The van der Waals surface area contributed by atoms with Crippen LogP contribution >= 0.6 is 0 Å². The van der Waals surface area contributed by atoms with Gasteiger partial charge in [0.05, 0.1) is 20.6 Å². The molecule has 1 heterocycles. The molecular weight excluding hydrogens is 216 g/mol. The molecule has 0 fully saturated rings. The first kappa shape index (κ1) is 9.55. The van der Waals surface area contributed by atoms with Gasteiger partial charge in [-0.2, -0.15) is 0 Å². The Bertz CT molecular complexity index is 548. The average molecular weight is 226 g/mol. The number of benzene rings is 2. The minimum atomic E-state index is -1.07. The maximum atomic E-state index is 12.4. The molecule has 16 heavy (non-hydrogen) atoms. The summed E-state index contributed by atoms with van der Waals surface area (Å²) in [7, 11) is -1.07. The Kier molecular flexibility index (Phi) is 2.22. The van der Waals surface area contributed by atoms with Crippen LogP contribution in [0.3, 0.4) is 0 Å². The van der Waals surface area contributed by atoms with Crippen molar-refractivity contribution < 1.29 is 4.21 Å². The van der Waals surface area contributed by atoms with Crippen molar-refractivity contribution in [2.24, 2.45) is 0 Å². The Morgan fingerprint density at radius 1 is 0.688 bits per heavy atom. The second kappa shape index (κ2) is 3.72. The van der Waals surface area contributed by atoms with E-state index in [0.717, 1.165) is 20.9 Å². The summed E-state index contributed by atoms with van der Waals surface area (Å²) in [5.41, 5.74) is 2.08. The summed E-state index contributed by atoms with van der Waals surface area (Å²) >= 11 is 0. The van der Waals surface area contributed by atoms with Crippen molar-refractivity contribution in [2.75, 3.05) is 0 Å². The minimum Gasteiger partial charge on any atom is -0.249 e. The van der Waals surface area contributed by atoms with Crippen LogP contribution in [0.5, 0.6) is 0 Å². The van der Waals surface area contributed by atoms with E-state index in [2.05, 4.69) is 0 Å². The minimum absolute atomic E-state index is 0.892. The third-order valence-corrected chi connectivity index (χ3v) is 4.22. The fraction of sp³-hybridized carbons (Fsp3) is 0. The molecule has 0 aliphatic carbocycles. The highest BCUT2D eigenvalue weighted by molar-refractivity contribution is 7.85. The van der Waals surface area contributed by atoms with Crippen molar-refractivity contribution >= 4 is 23.0 Å². The predicted octanol–water partition coefficient (Wildman–Crippen LogP) is 3.34. The summed E-state index contributed by atoms with van der Waals surface area (Å²) < 4.78 is 12.4. The Labute approximate surface area is 96.9 Å². The largest absolute Gasteiger partial charge is 0.249 e. The monoisotopic (exact) mass is 226 g/mol. The van der Waals surface area contributed by atoms with Crippen LogP contribution in [0.25, 0.3) is 12.2 Å². The molecule has 0 amide bonds. The van der Waals surface area contributed by atoms with Crippen LogP contribution in [0.2, 0.25) is 0 Å². The van der Waals surface area contributed by atoms with Crippen LogP contribution in [0, 0.1) is 0 Å². The van der Waals surface area contributed by atoms with Crippen molar-refractivity contribution in [3.8, 4) is 0 Å². The number of rotatable bonds is 0. The average Bonchev–Trinajstić information content (AvgIpc) is 2.49. The third-order valence-electron chi connectivity index (χ3n) is 2.68. The molecule has 0 saturated carbocycles. The van der Waals surface area contributed by atoms with Crippen LogP contribution in [0.4, 0.5) is 0 Å². The molecule has 78 valence electrons. The molecule has 1 aliphatic heterocycles. The van der Waals surface area contributed by atoms with Gasteiger partial charge in [0.2, 0.25) is 0 Å². The highest BCUT2D eigenvalue weighted by Gasteiger charge is 2.15. The van der Waals surface area contributed by atoms with E-state index < -0.39 is 10.8 Å². The molecule has 1 nitrogen and oxygen atoms in total. The Morgan fingerprint density at radius 2 is 1.12 bits per heavy atom. The van der Waals surface area contributed by atoms with Crippen LogP contribution < -0.4 is 0 Å². The summed E-state index contributed by atoms with van der Waals surface area (Å²) in [6, 6.07) is 15.6. The Hall–Kier alpha value is -1.67. The van der Waals surface area contributed by atoms with Crippen LogP contribution in [0.1, 0.15) is 11.1 Å². The van der Waals surface area contributed by atoms with E-state index in [4.69, 9.17) is 0 Å². The lowest BCUT2D eigenvalue weighted by Crippen LogP contribution is -1.95. The fourth-order valence-corrected chi connectivity index (χ4v) is 3.21. The van der Waals surface area contributed by atoms with E-state index in [1.54, 1.807) is 0 Å². The molecular formula is C14H10OS. The molecule has 0 N–H and O–H groups in total. The van der Waals surface area contributed by atoms with E-state index in [1.165, 1.54) is 0 Å². The van der Waals surface area contributed by atoms with Gasteiger partial charge in [-0.15, -0.1) is 0 Å². The molecule has 0 bridgehead atoms. The van der Waals surface area contributed by atoms with Gasteiger partial charge < -0.3 is 0 Å². The molecule has 0 atom stereocenters. The molecule has 0 radical (unpaired) electrons. The third kappa shape index (κ3) is 1.42. The van der Waals surface area contributed by atoms with Gasteiger partial charge in [-0.05, 0) is 23.3 Å². The maximum Gasteiger partial charge on any atom is 0.0861 e. The number of hydrogen-bond donors (Lipinski definition) is 0. The van der Waals surface area contributed by atoms with E-state index in [1.807, 2.05) is 60.7 Å².